The fraction of sp³-hybridized carbons (Fsp3) is 0.500. The van der Waals surface area contributed by atoms with Gasteiger partial charge in [0.15, 0.2) is 0 Å². The van der Waals surface area contributed by atoms with Gasteiger partial charge in [-0.1, -0.05) is 44.2 Å². The molecule has 0 saturated heterocycles. The zero-order valence-electron chi connectivity index (χ0n) is 15.7. The Morgan fingerprint density at radius 1 is 1.08 bits per heavy atom. The Morgan fingerprint density at radius 3 is 2.40 bits per heavy atom. The number of hydrogen-bond acceptors (Lipinski definition) is 5. The Balaban J connectivity index is 0.000000970. The van der Waals surface area contributed by atoms with Gasteiger partial charge in [-0.05, 0) is 54.1 Å². The predicted octanol–water partition coefficient (Wildman–Crippen LogP) is 3.40. The van der Waals surface area contributed by atoms with Crippen LogP contribution in [0.25, 0.3) is 10.8 Å². The second-order valence-electron chi connectivity index (χ2n) is 6.34. The van der Waals surface area contributed by atoms with E-state index in [4.69, 9.17) is 10.8 Å². The SMILES string of the molecule is CC(C)CC(CN)NCCNSc1ccc2ccccc2c1.CCO. The van der Waals surface area contributed by atoms with E-state index in [9.17, 15) is 0 Å². The van der Waals surface area contributed by atoms with Crippen molar-refractivity contribution in [1.82, 2.24) is 10.0 Å². The first-order valence-corrected chi connectivity index (χ1v) is 9.85. The monoisotopic (exact) mass is 363 g/mol. The molecule has 0 aliphatic carbocycles. The lowest BCUT2D eigenvalue weighted by Crippen LogP contribution is -2.39. The van der Waals surface area contributed by atoms with Gasteiger partial charge in [-0.15, -0.1) is 0 Å². The third-order valence-corrected chi connectivity index (χ3v) is 4.45. The summed E-state index contributed by atoms with van der Waals surface area (Å²) in [5, 5.41) is 13.7. The summed E-state index contributed by atoms with van der Waals surface area (Å²) in [6.07, 6.45) is 1.13. The largest absolute Gasteiger partial charge is 0.397 e. The fourth-order valence-electron chi connectivity index (χ4n) is 2.52. The van der Waals surface area contributed by atoms with Crippen LogP contribution in [0.4, 0.5) is 0 Å². The number of rotatable bonds is 9. The first kappa shape index (κ1) is 21.9. The maximum Gasteiger partial charge on any atom is 0.0402 e. The van der Waals surface area contributed by atoms with Gasteiger partial charge < -0.3 is 16.2 Å². The molecule has 4 nitrogen and oxygen atoms in total. The Bertz CT molecular complexity index is 592. The summed E-state index contributed by atoms with van der Waals surface area (Å²) in [6.45, 7) is 8.97. The van der Waals surface area contributed by atoms with Gasteiger partial charge in [0, 0.05) is 37.2 Å². The molecule has 25 heavy (non-hydrogen) atoms. The Labute approximate surface area is 156 Å². The Morgan fingerprint density at radius 2 is 1.76 bits per heavy atom. The highest BCUT2D eigenvalue weighted by Gasteiger charge is 2.07. The molecule has 0 bridgehead atoms. The summed E-state index contributed by atoms with van der Waals surface area (Å²) < 4.78 is 3.41. The van der Waals surface area contributed by atoms with E-state index in [2.05, 4.69) is 66.4 Å². The van der Waals surface area contributed by atoms with E-state index >= 15 is 0 Å². The zero-order valence-corrected chi connectivity index (χ0v) is 16.5. The second kappa shape index (κ2) is 13.1. The van der Waals surface area contributed by atoms with Crippen LogP contribution >= 0.6 is 11.9 Å². The summed E-state index contributed by atoms with van der Waals surface area (Å²) in [6, 6.07) is 15.4. The number of nitrogens with two attached hydrogens (primary N) is 1. The Hall–Kier alpha value is -1.11. The summed E-state index contributed by atoms with van der Waals surface area (Å²) in [5.74, 6) is 0.681. The van der Waals surface area contributed by atoms with Crippen LogP contribution in [-0.4, -0.2) is 37.4 Å². The third-order valence-electron chi connectivity index (χ3n) is 3.61. The molecular weight excluding hydrogens is 330 g/mol. The van der Waals surface area contributed by atoms with Crippen LogP contribution in [-0.2, 0) is 0 Å². The van der Waals surface area contributed by atoms with Gasteiger partial charge in [0.25, 0.3) is 0 Å². The zero-order chi connectivity index (χ0) is 18.5. The van der Waals surface area contributed by atoms with E-state index in [1.807, 2.05) is 0 Å². The topological polar surface area (TPSA) is 70.3 Å². The smallest absolute Gasteiger partial charge is 0.0402 e. The number of nitrogens with one attached hydrogen (secondary N) is 2. The summed E-state index contributed by atoms with van der Waals surface area (Å²) >= 11 is 1.69. The van der Waals surface area contributed by atoms with Crippen LogP contribution in [0, 0.1) is 5.92 Å². The molecule has 0 fully saturated rings. The molecule has 2 aromatic carbocycles. The van der Waals surface area contributed by atoms with Crippen molar-refractivity contribution < 1.29 is 5.11 Å². The molecule has 0 radical (unpaired) electrons. The molecule has 0 aromatic heterocycles. The molecule has 0 heterocycles. The number of aliphatic hydroxyl groups is 1. The van der Waals surface area contributed by atoms with Gasteiger partial charge >= 0.3 is 0 Å². The highest BCUT2D eigenvalue weighted by Crippen LogP contribution is 2.21. The van der Waals surface area contributed by atoms with Gasteiger partial charge in [-0.2, -0.15) is 0 Å². The van der Waals surface area contributed by atoms with Crippen LogP contribution in [0.1, 0.15) is 27.2 Å². The summed E-state index contributed by atoms with van der Waals surface area (Å²) in [5.41, 5.74) is 5.79. The molecule has 5 heteroatoms. The molecule has 5 N–H and O–H groups in total. The van der Waals surface area contributed by atoms with E-state index in [0.29, 0.717) is 18.5 Å². The highest BCUT2D eigenvalue weighted by molar-refractivity contribution is 7.97. The molecule has 2 rings (SSSR count). The summed E-state index contributed by atoms with van der Waals surface area (Å²) in [7, 11) is 0. The first-order valence-electron chi connectivity index (χ1n) is 9.03. The minimum Gasteiger partial charge on any atom is -0.397 e. The third kappa shape index (κ3) is 9.23. The number of aliphatic hydroxyl groups excluding tert-OH is 1. The predicted molar refractivity (Wildman–Crippen MR) is 111 cm³/mol. The van der Waals surface area contributed by atoms with Gasteiger partial charge in [0.1, 0.15) is 0 Å². The van der Waals surface area contributed by atoms with Crippen molar-refractivity contribution in [3.63, 3.8) is 0 Å². The molecule has 140 valence electrons. The van der Waals surface area contributed by atoms with Crippen LogP contribution in [0.2, 0.25) is 0 Å². The van der Waals surface area contributed by atoms with Crippen molar-refractivity contribution in [1.29, 1.82) is 0 Å². The maximum absolute atomic E-state index is 7.57. The molecule has 0 amide bonds. The lowest BCUT2D eigenvalue weighted by Gasteiger charge is -2.18. The van der Waals surface area contributed by atoms with E-state index in [0.717, 1.165) is 19.5 Å². The summed E-state index contributed by atoms with van der Waals surface area (Å²) in [4.78, 5) is 1.25. The second-order valence-corrected chi connectivity index (χ2v) is 7.30. The van der Waals surface area contributed by atoms with E-state index in [1.54, 1.807) is 18.9 Å². The molecule has 0 aliphatic rings. The molecular formula is C20H33N3OS. The van der Waals surface area contributed by atoms with Gasteiger partial charge in [-0.25, -0.2) is 0 Å². The lowest BCUT2D eigenvalue weighted by molar-refractivity contribution is 0.318. The van der Waals surface area contributed by atoms with E-state index in [1.165, 1.54) is 15.7 Å². The van der Waals surface area contributed by atoms with Crippen molar-refractivity contribution in [3.05, 3.63) is 42.5 Å². The molecule has 1 unspecified atom stereocenters. The van der Waals surface area contributed by atoms with Crippen molar-refractivity contribution in [2.45, 2.75) is 38.1 Å². The number of benzene rings is 2. The highest BCUT2D eigenvalue weighted by atomic mass is 32.2. The van der Waals surface area contributed by atoms with Gasteiger partial charge in [-0.3, -0.25) is 4.72 Å². The van der Waals surface area contributed by atoms with Gasteiger partial charge in [0.05, 0.1) is 0 Å². The quantitative estimate of drug-likeness (QED) is 0.406. The van der Waals surface area contributed by atoms with E-state index in [-0.39, 0.29) is 6.61 Å². The molecule has 2 aromatic rings. The normalized spacial score (nSPS) is 12.1. The van der Waals surface area contributed by atoms with Crippen molar-refractivity contribution in [2.24, 2.45) is 11.7 Å². The minimum absolute atomic E-state index is 0.250. The van der Waals surface area contributed by atoms with Crippen molar-refractivity contribution in [3.8, 4) is 0 Å². The van der Waals surface area contributed by atoms with Crippen molar-refractivity contribution >= 4 is 22.7 Å². The maximum atomic E-state index is 7.57. The Kier molecular flexibility index (Phi) is 11.5. The minimum atomic E-state index is 0.250. The first-order chi connectivity index (χ1) is 12.1. The fourth-order valence-corrected chi connectivity index (χ4v) is 3.22. The number of hydrogen-bond donors (Lipinski definition) is 4. The number of fused-ring (bicyclic) bond motifs is 1. The average molecular weight is 364 g/mol. The van der Waals surface area contributed by atoms with Gasteiger partial charge in [0.2, 0.25) is 0 Å². The molecule has 1 atom stereocenters. The van der Waals surface area contributed by atoms with Crippen LogP contribution in [0.5, 0.6) is 0 Å². The standard InChI is InChI=1S/C18H27N3S.C2H6O/c1-14(2)11-17(13-19)20-9-10-21-22-18-8-7-15-5-3-4-6-16(15)12-18;1-2-3/h3-8,12,14,17,20-21H,9-11,13,19H2,1-2H3;3H,2H2,1H3. The average Bonchev–Trinajstić information content (AvgIpc) is 2.60. The van der Waals surface area contributed by atoms with E-state index < -0.39 is 0 Å². The van der Waals surface area contributed by atoms with Crippen molar-refractivity contribution in [2.75, 3.05) is 26.2 Å². The van der Waals surface area contributed by atoms with Crippen LogP contribution in [0.15, 0.2) is 47.4 Å². The lowest BCUT2D eigenvalue weighted by atomic mass is 10.0. The van der Waals surface area contributed by atoms with Crippen LogP contribution in [0.3, 0.4) is 0 Å². The molecule has 0 aliphatic heterocycles. The molecule has 0 spiro atoms. The van der Waals surface area contributed by atoms with Crippen LogP contribution < -0.4 is 15.8 Å². The molecule has 0 saturated carbocycles.